The number of carbonyl (C=O) groups is 2. The molecule has 7 rings (SSSR count). The van der Waals surface area contributed by atoms with Gasteiger partial charge < -0.3 is 9.64 Å². The molecule has 1 aromatic heterocycles. The Morgan fingerprint density at radius 2 is 1.47 bits per heavy atom. The van der Waals surface area contributed by atoms with Gasteiger partial charge in [-0.1, -0.05) is 66.7 Å². The van der Waals surface area contributed by atoms with Crippen molar-refractivity contribution in [2.45, 2.75) is 50.1 Å². The quantitative estimate of drug-likeness (QED) is 0.282. The number of pyridine rings is 1. The second-order valence-electron chi connectivity index (χ2n) is 10.9. The van der Waals surface area contributed by atoms with Crippen molar-refractivity contribution in [2.75, 3.05) is 6.61 Å². The monoisotopic (exact) mass is 502 g/mol. The number of hydrogen-bond donors (Lipinski definition) is 0. The Morgan fingerprint density at radius 1 is 0.816 bits per heavy atom. The maximum Gasteiger partial charge on any atom is 0.410 e. The predicted molar refractivity (Wildman–Crippen MR) is 147 cm³/mol. The Hall–Kier alpha value is -3.99. The van der Waals surface area contributed by atoms with Gasteiger partial charge >= 0.3 is 6.09 Å². The van der Waals surface area contributed by atoms with Gasteiger partial charge in [-0.15, -0.1) is 0 Å². The van der Waals surface area contributed by atoms with Gasteiger partial charge in [0.05, 0.1) is 5.52 Å². The van der Waals surface area contributed by atoms with E-state index in [1.54, 1.807) is 6.20 Å². The number of fused-ring (bicyclic) bond motifs is 6. The molecule has 1 aliphatic carbocycles. The van der Waals surface area contributed by atoms with E-state index in [4.69, 9.17) is 4.74 Å². The molecule has 5 heteroatoms. The first-order valence-electron chi connectivity index (χ1n) is 13.7. The summed E-state index contributed by atoms with van der Waals surface area (Å²) in [6.07, 6.45) is 5.79. The maximum absolute atomic E-state index is 13.7. The standard InChI is InChI=1S/C33H30N2O3/c36-32(29-16-5-8-21-9-7-17-34-31(21)29)22-18-23-10-6-11-24(19-22)35(23)33(37)38-20-30-27-14-3-1-12-25(27)26-13-2-4-15-28(26)30/h1-5,7-9,12-17,22-24,30H,6,10-11,18-20H2. The van der Waals surface area contributed by atoms with Crippen LogP contribution in [0.5, 0.6) is 0 Å². The van der Waals surface area contributed by atoms with Crippen molar-refractivity contribution in [3.05, 3.63) is 102 Å². The van der Waals surface area contributed by atoms with Crippen LogP contribution in [0.15, 0.2) is 85.1 Å². The largest absolute Gasteiger partial charge is 0.448 e. The highest BCUT2D eigenvalue weighted by Gasteiger charge is 2.44. The van der Waals surface area contributed by atoms with Gasteiger partial charge in [-0.3, -0.25) is 9.78 Å². The van der Waals surface area contributed by atoms with E-state index in [0.717, 1.165) is 30.2 Å². The lowest BCUT2D eigenvalue weighted by molar-refractivity contribution is 0.00654. The minimum Gasteiger partial charge on any atom is -0.448 e. The molecule has 2 aliphatic heterocycles. The second kappa shape index (κ2) is 9.39. The molecule has 2 bridgehead atoms. The van der Waals surface area contributed by atoms with Crippen molar-refractivity contribution >= 4 is 22.8 Å². The first-order chi connectivity index (χ1) is 18.7. The van der Waals surface area contributed by atoms with Crippen molar-refractivity contribution in [2.24, 2.45) is 5.92 Å². The first kappa shape index (κ1) is 23.2. The van der Waals surface area contributed by atoms with Gasteiger partial charge in [0.15, 0.2) is 5.78 Å². The van der Waals surface area contributed by atoms with E-state index < -0.39 is 0 Å². The minimum absolute atomic E-state index is 0.0371. The van der Waals surface area contributed by atoms with Gasteiger partial charge in [0, 0.05) is 41.1 Å². The zero-order chi connectivity index (χ0) is 25.6. The summed E-state index contributed by atoms with van der Waals surface area (Å²) in [7, 11) is 0. The molecular formula is C33H30N2O3. The molecule has 3 aliphatic rings. The summed E-state index contributed by atoms with van der Waals surface area (Å²) in [6.45, 7) is 0.326. The van der Waals surface area contributed by atoms with E-state index in [1.807, 2.05) is 35.2 Å². The van der Waals surface area contributed by atoms with Crippen LogP contribution in [0.1, 0.15) is 59.5 Å². The van der Waals surface area contributed by atoms with Crippen molar-refractivity contribution in [3.63, 3.8) is 0 Å². The fraction of sp³-hybridized carbons (Fsp3) is 0.303. The van der Waals surface area contributed by atoms with Crippen molar-refractivity contribution in [3.8, 4) is 11.1 Å². The van der Waals surface area contributed by atoms with Crippen LogP contribution in [0.2, 0.25) is 0 Å². The Bertz CT molecular complexity index is 1480. The third kappa shape index (κ3) is 3.80. The average Bonchev–Trinajstić information content (AvgIpc) is 3.28. The molecule has 3 aromatic carbocycles. The summed E-state index contributed by atoms with van der Waals surface area (Å²) in [5, 5.41) is 0.981. The molecule has 3 heterocycles. The first-order valence-corrected chi connectivity index (χ1v) is 13.7. The lowest BCUT2D eigenvalue weighted by Gasteiger charge is -2.47. The fourth-order valence-corrected chi connectivity index (χ4v) is 7.09. The summed E-state index contributed by atoms with van der Waals surface area (Å²) in [5.41, 5.74) is 6.35. The number of ether oxygens (including phenoxy) is 1. The van der Waals surface area contributed by atoms with E-state index in [0.29, 0.717) is 25.0 Å². The summed E-state index contributed by atoms with van der Waals surface area (Å²) >= 11 is 0. The molecule has 0 radical (unpaired) electrons. The molecule has 4 aromatic rings. The van der Waals surface area contributed by atoms with Crippen LogP contribution in [0, 0.1) is 5.92 Å². The third-order valence-corrected chi connectivity index (χ3v) is 8.79. The van der Waals surface area contributed by atoms with E-state index in [1.165, 1.54) is 22.3 Å². The van der Waals surface area contributed by atoms with E-state index >= 15 is 0 Å². The fourth-order valence-electron chi connectivity index (χ4n) is 7.09. The van der Waals surface area contributed by atoms with Crippen molar-refractivity contribution < 1.29 is 14.3 Å². The van der Waals surface area contributed by atoms with Crippen LogP contribution >= 0.6 is 0 Å². The molecule has 2 unspecified atom stereocenters. The third-order valence-electron chi connectivity index (χ3n) is 8.79. The minimum atomic E-state index is -0.237. The Balaban J connectivity index is 1.08. The number of nitrogens with zero attached hydrogens (tertiary/aromatic N) is 2. The highest BCUT2D eigenvalue weighted by atomic mass is 16.6. The van der Waals surface area contributed by atoms with E-state index in [2.05, 4.69) is 53.5 Å². The Morgan fingerprint density at radius 3 is 2.18 bits per heavy atom. The molecule has 0 N–H and O–H groups in total. The number of amides is 1. The number of ketones is 1. The molecule has 38 heavy (non-hydrogen) atoms. The van der Waals surface area contributed by atoms with E-state index in [9.17, 15) is 9.59 Å². The van der Waals surface area contributed by atoms with Crippen LogP contribution in [-0.4, -0.2) is 40.5 Å². The van der Waals surface area contributed by atoms with Gasteiger partial charge in [0.1, 0.15) is 6.61 Å². The number of Topliss-reactive ketones (excluding diaryl/α,β-unsaturated/α-hetero) is 1. The summed E-state index contributed by atoms with van der Waals surface area (Å²) in [6, 6.07) is 26.6. The van der Waals surface area contributed by atoms with Crippen LogP contribution < -0.4 is 0 Å². The van der Waals surface area contributed by atoms with Gasteiger partial charge in [0.25, 0.3) is 0 Å². The van der Waals surface area contributed by atoms with Gasteiger partial charge in [-0.2, -0.15) is 0 Å². The Labute approximate surface area is 222 Å². The topological polar surface area (TPSA) is 59.5 Å². The lowest BCUT2D eigenvalue weighted by Crippen LogP contribution is -2.55. The molecule has 2 atom stereocenters. The summed E-state index contributed by atoms with van der Waals surface area (Å²) in [4.78, 5) is 33.7. The molecule has 5 nitrogen and oxygen atoms in total. The SMILES string of the molecule is O=C(c1cccc2cccnc12)C1CC2CCCC(C1)N2C(=O)OCC1c2ccccc2-c2ccccc21. The van der Waals surface area contributed by atoms with Crippen LogP contribution in [0.25, 0.3) is 22.0 Å². The molecule has 0 spiro atoms. The molecular weight excluding hydrogens is 472 g/mol. The predicted octanol–water partition coefficient (Wildman–Crippen LogP) is 7.00. The zero-order valence-electron chi connectivity index (χ0n) is 21.3. The maximum atomic E-state index is 13.7. The smallest absolute Gasteiger partial charge is 0.410 e. The van der Waals surface area contributed by atoms with Crippen molar-refractivity contribution in [1.29, 1.82) is 0 Å². The van der Waals surface area contributed by atoms with E-state index in [-0.39, 0.29) is 35.8 Å². The number of benzene rings is 3. The highest BCUT2D eigenvalue weighted by Crippen LogP contribution is 2.45. The van der Waals surface area contributed by atoms with Crippen LogP contribution in [0.3, 0.4) is 0 Å². The number of aromatic nitrogens is 1. The highest BCUT2D eigenvalue weighted by molar-refractivity contribution is 6.07. The van der Waals surface area contributed by atoms with Gasteiger partial charge in [0.2, 0.25) is 0 Å². The van der Waals surface area contributed by atoms with Gasteiger partial charge in [-0.25, -0.2) is 4.79 Å². The number of carbonyl (C=O) groups excluding carboxylic acids is 2. The average molecular weight is 503 g/mol. The number of piperidine rings is 2. The van der Waals surface area contributed by atoms with Crippen LogP contribution in [0.4, 0.5) is 4.79 Å². The van der Waals surface area contributed by atoms with Crippen LogP contribution in [-0.2, 0) is 4.74 Å². The molecule has 1 amide bonds. The number of hydrogen-bond acceptors (Lipinski definition) is 4. The lowest BCUT2D eigenvalue weighted by atomic mass is 9.75. The normalized spacial score (nSPS) is 22.1. The number of rotatable bonds is 4. The second-order valence-corrected chi connectivity index (χ2v) is 10.9. The summed E-state index contributed by atoms with van der Waals surface area (Å²) < 4.78 is 6.05. The van der Waals surface area contributed by atoms with Crippen molar-refractivity contribution in [1.82, 2.24) is 9.88 Å². The molecule has 0 saturated carbocycles. The molecule has 190 valence electrons. The Kier molecular flexibility index (Phi) is 5.72. The molecule has 2 saturated heterocycles. The number of para-hydroxylation sites is 1. The molecule has 2 fully saturated rings. The zero-order valence-corrected chi connectivity index (χ0v) is 21.3. The van der Waals surface area contributed by atoms with Gasteiger partial charge in [-0.05, 0) is 66.5 Å². The summed E-state index contributed by atoms with van der Waals surface area (Å²) in [5.74, 6) is 0.0955.